The molecule has 0 aromatic carbocycles. The summed E-state index contributed by atoms with van der Waals surface area (Å²) < 4.78 is 34.4. The average Bonchev–Trinajstić information content (AvgIpc) is 3.20. The number of ether oxygens (including phenoxy) is 2. The maximum absolute atomic E-state index is 12.7. The van der Waals surface area contributed by atoms with E-state index in [1.165, 1.54) is 148 Å². The normalized spacial score (nSPS) is 13.6. The van der Waals surface area contributed by atoms with Crippen molar-refractivity contribution in [1.29, 1.82) is 0 Å². The molecule has 0 fully saturated rings. The molecule has 60 heavy (non-hydrogen) atoms. The second kappa shape index (κ2) is 42.8. The van der Waals surface area contributed by atoms with Crippen LogP contribution in [0.4, 0.5) is 0 Å². The molecule has 0 rings (SSSR count). The molecule has 354 valence electrons. The summed E-state index contributed by atoms with van der Waals surface area (Å²) >= 11 is 0. The summed E-state index contributed by atoms with van der Waals surface area (Å²) in [5, 5.41) is 0. The largest absolute Gasteiger partial charge is 0.472 e. The summed E-state index contributed by atoms with van der Waals surface area (Å²) in [6, 6.07) is 0. The van der Waals surface area contributed by atoms with E-state index in [9.17, 15) is 19.0 Å². The highest BCUT2D eigenvalue weighted by Crippen LogP contribution is 2.43. The van der Waals surface area contributed by atoms with E-state index in [-0.39, 0.29) is 32.0 Å². The molecular formula is C50H97NO8P+. The minimum atomic E-state index is -4.38. The molecule has 0 aliphatic heterocycles. The molecule has 0 spiro atoms. The number of quaternary nitrogens is 1. The van der Waals surface area contributed by atoms with E-state index in [0.29, 0.717) is 17.4 Å². The molecule has 0 amide bonds. The first kappa shape index (κ1) is 58.5. The van der Waals surface area contributed by atoms with Crippen molar-refractivity contribution in [2.75, 3.05) is 47.5 Å². The monoisotopic (exact) mass is 871 g/mol. The summed E-state index contributed by atoms with van der Waals surface area (Å²) in [7, 11) is 1.48. The van der Waals surface area contributed by atoms with Gasteiger partial charge in [-0.1, -0.05) is 179 Å². The van der Waals surface area contributed by atoms with E-state index in [2.05, 4.69) is 38.2 Å². The highest BCUT2D eigenvalue weighted by Gasteiger charge is 2.27. The van der Waals surface area contributed by atoms with Crippen LogP contribution in [0.5, 0.6) is 0 Å². The van der Waals surface area contributed by atoms with Gasteiger partial charge in [0, 0.05) is 12.8 Å². The molecule has 0 radical (unpaired) electrons. The molecule has 0 aliphatic rings. The van der Waals surface area contributed by atoms with Crippen LogP contribution >= 0.6 is 7.82 Å². The fourth-order valence-electron chi connectivity index (χ4n) is 7.00. The van der Waals surface area contributed by atoms with Crippen molar-refractivity contribution in [2.45, 2.75) is 238 Å². The van der Waals surface area contributed by atoms with Gasteiger partial charge in [0.15, 0.2) is 6.10 Å². The fraction of sp³-hybridized carbons (Fsp3) is 0.880. The number of esters is 2. The maximum Gasteiger partial charge on any atom is 0.472 e. The Morgan fingerprint density at radius 1 is 0.500 bits per heavy atom. The first-order valence-electron chi connectivity index (χ1n) is 25.1. The minimum Gasteiger partial charge on any atom is -0.462 e. The molecule has 0 heterocycles. The number of likely N-dealkylation sites (N-methyl/N-ethyl adjacent to an activating group) is 1. The van der Waals surface area contributed by atoms with Crippen molar-refractivity contribution in [2.24, 2.45) is 0 Å². The highest BCUT2D eigenvalue weighted by atomic mass is 31.2. The van der Waals surface area contributed by atoms with Gasteiger partial charge in [-0.15, -0.1) is 0 Å². The van der Waals surface area contributed by atoms with Crippen molar-refractivity contribution < 1.29 is 42.1 Å². The molecule has 0 aromatic heterocycles. The molecule has 10 heteroatoms. The SMILES string of the molecule is CCCCCCCC/C=C\CCCCCCCCCCCCCC(=O)O[C@H](COC(=O)CCCCCCC/C=C\CCCCCCCC)COP(=O)(O)OCC[N+](C)(C)C. The summed E-state index contributed by atoms with van der Waals surface area (Å²) in [6.45, 7) is 4.43. The molecule has 1 N–H and O–H groups in total. The lowest BCUT2D eigenvalue weighted by atomic mass is 10.0. The Kier molecular flexibility index (Phi) is 41.7. The predicted octanol–water partition coefficient (Wildman–Crippen LogP) is 14.7. The summed E-state index contributed by atoms with van der Waals surface area (Å²) in [6.07, 6.45) is 48.0. The zero-order chi connectivity index (χ0) is 44.3. The smallest absolute Gasteiger partial charge is 0.462 e. The van der Waals surface area contributed by atoms with Crippen molar-refractivity contribution >= 4 is 19.8 Å². The van der Waals surface area contributed by atoms with Crippen LogP contribution in [-0.2, 0) is 32.7 Å². The molecule has 0 saturated carbocycles. The Balaban J connectivity index is 4.25. The van der Waals surface area contributed by atoms with Crippen molar-refractivity contribution in [3.8, 4) is 0 Å². The van der Waals surface area contributed by atoms with Gasteiger partial charge in [0.25, 0.3) is 0 Å². The van der Waals surface area contributed by atoms with E-state index >= 15 is 0 Å². The summed E-state index contributed by atoms with van der Waals surface area (Å²) in [5.41, 5.74) is 0. The molecule has 9 nitrogen and oxygen atoms in total. The second-order valence-electron chi connectivity index (χ2n) is 18.2. The van der Waals surface area contributed by atoms with Gasteiger partial charge in [-0.2, -0.15) is 0 Å². The van der Waals surface area contributed by atoms with Crippen molar-refractivity contribution in [3.63, 3.8) is 0 Å². The Bertz CT molecular complexity index is 1070. The molecule has 2 atom stereocenters. The van der Waals surface area contributed by atoms with Gasteiger partial charge in [-0.3, -0.25) is 18.6 Å². The standard InChI is InChI=1S/C50H96NO8P/c1-6-8-10-12-14-16-18-20-22-23-24-25-26-27-29-31-33-35-37-39-41-43-50(53)59-48(47-58-60(54,55)57-45-44-51(3,4)5)46-56-49(52)42-40-38-36-34-32-30-28-21-19-17-15-13-11-9-7-2/h20-22,28,48H,6-19,23-27,29-47H2,1-5H3/p+1/b22-20-,28-21-/t48-/m1/s1. The van der Waals surface area contributed by atoms with Crippen LogP contribution in [0, 0.1) is 0 Å². The number of allylic oxidation sites excluding steroid dienone is 4. The number of hydrogen-bond donors (Lipinski definition) is 1. The topological polar surface area (TPSA) is 108 Å². The Labute approximate surface area is 370 Å². The highest BCUT2D eigenvalue weighted by molar-refractivity contribution is 7.47. The van der Waals surface area contributed by atoms with E-state index in [1.807, 2.05) is 21.1 Å². The number of rotatable bonds is 46. The van der Waals surface area contributed by atoms with Crippen molar-refractivity contribution in [3.05, 3.63) is 24.3 Å². The molecule has 0 aromatic rings. The lowest BCUT2D eigenvalue weighted by Crippen LogP contribution is -2.37. The van der Waals surface area contributed by atoms with Gasteiger partial charge >= 0.3 is 19.8 Å². The number of hydrogen-bond acceptors (Lipinski definition) is 7. The number of phosphoric ester groups is 1. The maximum atomic E-state index is 12.7. The number of nitrogens with zero attached hydrogens (tertiary/aromatic N) is 1. The van der Waals surface area contributed by atoms with Crippen LogP contribution < -0.4 is 0 Å². The van der Waals surface area contributed by atoms with Crippen LogP contribution in [0.15, 0.2) is 24.3 Å². The number of unbranched alkanes of at least 4 members (excludes halogenated alkanes) is 28. The lowest BCUT2D eigenvalue weighted by Gasteiger charge is -2.24. The Hall–Kier alpha value is -1.51. The Morgan fingerprint density at radius 3 is 1.23 bits per heavy atom. The van der Waals surface area contributed by atoms with Gasteiger partial charge in [-0.05, 0) is 64.2 Å². The first-order valence-corrected chi connectivity index (χ1v) is 26.6. The minimum absolute atomic E-state index is 0.0319. The molecular weight excluding hydrogens is 774 g/mol. The van der Waals surface area contributed by atoms with Crippen LogP contribution in [0.3, 0.4) is 0 Å². The van der Waals surface area contributed by atoms with Crippen LogP contribution in [0.2, 0.25) is 0 Å². The third kappa shape index (κ3) is 46.0. The van der Waals surface area contributed by atoms with Gasteiger partial charge < -0.3 is 18.9 Å². The van der Waals surface area contributed by atoms with Gasteiger partial charge in [0.05, 0.1) is 27.7 Å². The van der Waals surface area contributed by atoms with Crippen molar-refractivity contribution in [1.82, 2.24) is 0 Å². The second-order valence-corrected chi connectivity index (χ2v) is 19.6. The predicted molar refractivity (Wildman–Crippen MR) is 252 cm³/mol. The Morgan fingerprint density at radius 2 is 0.850 bits per heavy atom. The number of carbonyl (C=O) groups excluding carboxylic acids is 2. The third-order valence-electron chi connectivity index (χ3n) is 11.0. The molecule has 1 unspecified atom stereocenters. The van der Waals surface area contributed by atoms with Crippen LogP contribution in [0.25, 0.3) is 0 Å². The molecule has 0 saturated heterocycles. The average molecular weight is 871 g/mol. The first-order chi connectivity index (χ1) is 29.0. The van der Waals surface area contributed by atoms with Gasteiger partial charge in [0.2, 0.25) is 0 Å². The summed E-state index contributed by atoms with van der Waals surface area (Å²) in [5.74, 6) is -0.800. The van der Waals surface area contributed by atoms with E-state index < -0.39 is 26.5 Å². The van der Waals surface area contributed by atoms with Gasteiger partial charge in [-0.25, -0.2) is 4.57 Å². The van der Waals surface area contributed by atoms with Crippen LogP contribution in [0.1, 0.15) is 232 Å². The van der Waals surface area contributed by atoms with E-state index in [0.717, 1.165) is 51.4 Å². The van der Waals surface area contributed by atoms with E-state index in [4.69, 9.17) is 18.5 Å². The molecule has 0 bridgehead atoms. The number of carbonyl (C=O) groups is 2. The quantitative estimate of drug-likeness (QED) is 0.0212. The summed E-state index contributed by atoms with van der Waals surface area (Å²) in [4.78, 5) is 35.5. The fourth-order valence-corrected chi connectivity index (χ4v) is 7.75. The van der Waals surface area contributed by atoms with Crippen LogP contribution in [-0.4, -0.2) is 74.9 Å². The zero-order valence-corrected chi connectivity index (χ0v) is 40.9. The van der Waals surface area contributed by atoms with E-state index in [1.54, 1.807) is 0 Å². The third-order valence-corrected chi connectivity index (χ3v) is 11.9. The molecule has 0 aliphatic carbocycles. The lowest BCUT2D eigenvalue weighted by molar-refractivity contribution is -0.870. The zero-order valence-electron chi connectivity index (χ0n) is 40.0. The van der Waals surface area contributed by atoms with Gasteiger partial charge in [0.1, 0.15) is 19.8 Å². The number of phosphoric acid groups is 1.